The maximum Gasteiger partial charge on any atom is 0.343 e. The number of ether oxygens (including phenoxy) is 2. The van der Waals surface area contributed by atoms with E-state index in [1.54, 1.807) is 36.4 Å². The van der Waals surface area contributed by atoms with E-state index in [1.807, 2.05) is 71.0 Å². The van der Waals surface area contributed by atoms with Crippen molar-refractivity contribution in [2.24, 2.45) is 5.41 Å². The number of esters is 1. The lowest BCUT2D eigenvalue weighted by molar-refractivity contribution is 0.0734. The van der Waals surface area contributed by atoms with Crippen molar-refractivity contribution in [2.75, 3.05) is 0 Å². The van der Waals surface area contributed by atoms with Crippen LogP contribution in [0.1, 0.15) is 61.8 Å². The molecule has 0 heterocycles. The molecule has 0 aliphatic rings. The van der Waals surface area contributed by atoms with Gasteiger partial charge in [0.1, 0.15) is 11.5 Å². The Morgan fingerprint density at radius 1 is 0.812 bits per heavy atom. The Morgan fingerprint density at radius 2 is 1.34 bits per heavy atom. The van der Waals surface area contributed by atoms with Gasteiger partial charge in [0, 0.05) is 11.0 Å². The van der Waals surface area contributed by atoms with Crippen LogP contribution in [0.5, 0.6) is 11.5 Å². The van der Waals surface area contributed by atoms with E-state index in [4.69, 9.17) is 9.47 Å². The van der Waals surface area contributed by atoms with Gasteiger partial charge in [0.2, 0.25) is 0 Å². The summed E-state index contributed by atoms with van der Waals surface area (Å²) in [7, 11) is 0. The summed E-state index contributed by atoms with van der Waals surface area (Å²) in [5, 5.41) is 0. The molecule has 166 valence electrons. The summed E-state index contributed by atoms with van der Waals surface area (Å²) < 4.78 is 11.2. The molecule has 32 heavy (non-hydrogen) atoms. The minimum absolute atomic E-state index is 0.0174. The maximum atomic E-state index is 12.7. The van der Waals surface area contributed by atoms with Gasteiger partial charge in [-0.25, -0.2) is 4.79 Å². The van der Waals surface area contributed by atoms with E-state index < -0.39 is 11.4 Å². The molecular formula is C28H30O4. The van der Waals surface area contributed by atoms with Crippen molar-refractivity contribution in [2.45, 2.75) is 47.1 Å². The molecule has 0 fully saturated rings. The largest absolute Gasteiger partial charge is 0.491 e. The normalized spacial score (nSPS) is 11.3. The summed E-state index contributed by atoms with van der Waals surface area (Å²) in [5.74, 6) is 0.808. The molecule has 0 atom stereocenters. The second-order valence-electron chi connectivity index (χ2n) is 8.75. The number of carbonyl (C=O) groups excluding carboxylic acids is 2. The molecule has 0 saturated heterocycles. The molecule has 0 radical (unpaired) electrons. The summed E-state index contributed by atoms with van der Waals surface area (Å²) in [6.45, 7) is 9.79. The van der Waals surface area contributed by atoms with Gasteiger partial charge < -0.3 is 9.47 Å². The van der Waals surface area contributed by atoms with E-state index in [1.165, 1.54) is 0 Å². The predicted octanol–water partition coefficient (Wildman–Crippen LogP) is 6.98. The predicted molar refractivity (Wildman–Crippen MR) is 127 cm³/mol. The van der Waals surface area contributed by atoms with Gasteiger partial charge >= 0.3 is 5.97 Å². The zero-order valence-corrected chi connectivity index (χ0v) is 19.3. The third-order valence-corrected chi connectivity index (χ3v) is 5.48. The maximum absolute atomic E-state index is 12.7. The van der Waals surface area contributed by atoms with E-state index in [9.17, 15) is 9.59 Å². The lowest BCUT2D eigenvalue weighted by Crippen LogP contribution is -2.23. The van der Waals surface area contributed by atoms with Crippen LogP contribution in [0, 0.1) is 5.41 Å². The molecule has 3 aromatic carbocycles. The van der Waals surface area contributed by atoms with Crippen molar-refractivity contribution >= 4 is 11.8 Å². The molecule has 4 heteroatoms. The second-order valence-corrected chi connectivity index (χ2v) is 8.75. The minimum atomic E-state index is -0.489. The molecule has 3 rings (SSSR count). The van der Waals surface area contributed by atoms with E-state index in [0.29, 0.717) is 16.9 Å². The highest BCUT2D eigenvalue weighted by Crippen LogP contribution is 2.27. The van der Waals surface area contributed by atoms with Gasteiger partial charge in [-0.2, -0.15) is 0 Å². The van der Waals surface area contributed by atoms with Gasteiger partial charge in [-0.15, -0.1) is 0 Å². The van der Waals surface area contributed by atoms with Gasteiger partial charge in [-0.3, -0.25) is 4.79 Å². The number of benzene rings is 3. The van der Waals surface area contributed by atoms with Crippen molar-refractivity contribution in [3.8, 4) is 22.6 Å². The first kappa shape index (κ1) is 23.3. The molecule has 0 aliphatic heterocycles. The van der Waals surface area contributed by atoms with Crippen LogP contribution in [-0.4, -0.2) is 17.9 Å². The van der Waals surface area contributed by atoms with Crippen LogP contribution in [0.4, 0.5) is 0 Å². The van der Waals surface area contributed by atoms with Gasteiger partial charge in [-0.05, 0) is 67.8 Å². The van der Waals surface area contributed by atoms with E-state index in [-0.39, 0.29) is 11.9 Å². The van der Waals surface area contributed by atoms with Crippen LogP contribution in [0.15, 0.2) is 72.8 Å². The smallest absolute Gasteiger partial charge is 0.343 e. The third kappa shape index (κ3) is 5.64. The summed E-state index contributed by atoms with van der Waals surface area (Å²) >= 11 is 0. The zero-order valence-electron chi connectivity index (χ0n) is 19.3. The molecule has 4 nitrogen and oxygen atoms in total. The van der Waals surface area contributed by atoms with Gasteiger partial charge in [0.05, 0.1) is 11.7 Å². The van der Waals surface area contributed by atoms with Crippen molar-refractivity contribution in [1.82, 2.24) is 0 Å². The number of carbonyl (C=O) groups is 2. The van der Waals surface area contributed by atoms with Gasteiger partial charge in [0.15, 0.2) is 5.78 Å². The van der Waals surface area contributed by atoms with Crippen molar-refractivity contribution < 1.29 is 19.1 Å². The lowest BCUT2D eigenvalue weighted by Gasteiger charge is -2.21. The van der Waals surface area contributed by atoms with Crippen LogP contribution < -0.4 is 9.47 Å². The van der Waals surface area contributed by atoms with Crippen LogP contribution in [0.25, 0.3) is 11.1 Å². The van der Waals surface area contributed by atoms with Crippen molar-refractivity contribution in [3.63, 3.8) is 0 Å². The Kier molecular flexibility index (Phi) is 7.14. The average Bonchev–Trinajstić information content (AvgIpc) is 2.79. The zero-order chi connectivity index (χ0) is 23.3. The summed E-state index contributed by atoms with van der Waals surface area (Å²) in [4.78, 5) is 25.4. The molecule has 0 saturated carbocycles. The first-order chi connectivity index (χ1) is 15.2. The summed E-state index contributed by atoms with van der Waals surface area (Å²) in [6, 6.07) is 21.9. The Balaban J connectivity index is 1.70. The Bertz CT molecular complexity index is 1080. The van der Waals surface area contributed by atoms with E-state index >= 15 is 0 Å². The molecule has 0 N–H and O–H groups in total. The third-order valence-electron chi connectivity index (χ3n) is 5.48. The van der Waals surface area contributed by atoms with Gasteiger partial charge in [0.25, 0.3) is 0 Å². The average molecular weight is 431 g/mol. The fraction of sp³-hybridized carbons (Fsp3) is 0.286. The molecule has 0 spiro atoms. The molecule has 0 bridgehead atoms. The van der Waals surface area contributed by atoms with Crippen LogP contribution >= 0.6 is 0 Å². The highest BCUT2D eigenvalue weighted by molar-refractivity contribution is 6.02. The number of rotatable bonds is 8. The van der Waals surface area contributed by atoms with Crippen LogP contribution in [-0.2, 0) is 0 Å². The SMILES string of the molecule is CCC(C)(C)C(=O)c1cccc(C(=O)Oc2ccc(-c3ccc(OC(C)C)cc3)cc2)c1. The lowest BCUT2D eigenvalue weighted by atomic mass is 9.82. The topological polar surface area (TPSA) is 52.6 Å². The Morgan fingerprint density at radius 3 is 1.88 bits per heavy atom. The van der Waals surface area contributed by atoms with Crippen LogP contribution in [0.2, 0.25) is 0 Å². The van der Waals surface area contributed by atoms with Crippen molar-refractivity contribution in [3.05, 3.63) is 83.9 Å². The minimum Gasteiger partial charge on any atom is -0.491 e. The fourth-order valence-corrected chi connectivity index (χ4v) is 3.22. The molecule has 3 aromatic rings. The highest BCUT2D eigenvalue weighted by Gasteiger charge is 2.27. The molecule has 0 unspecified atom stereocenters. The van der Waals surface area contributed by atoms with Crippen LogP contribution in [0.3, 0.4) is 0 Å². The molecule has 0 aliphatic carbocycles. The number of ketones is 1. The standard InChI is InChI=1S/C28H30O4/c1-6-28(4,5)26(29)22-8-7-9-23(18-22)27(30)32-25-16-12-21(13-17-25)20-10-14-24(15-11-20)31-19(2)3/h7-19H,6H2,1-5H3. The fourth-order valence-electron chi connectivity index (χ4n) is 3.22. The molecule has 0 aromatic heterocycles. The van der Waals surface area contributed by atoms with E-state index in [2.05, 4.69) is 0 Å². The number of Topliss-reactive ketones (excluding diaryl/α,β-unsaturated/α-hetero) is 1. The summed E-state index contributed by atoms with van der Waals surface area (Å²) in [5.41, 5.74) is 2.45. The van der Waals surface area contributed by atoms with Crippen molar-refractivity contribution in [1.29, 1.82) is 0 Å². The quantitative estimate of drug-likeness (QED) is 0.220. The number of hydrogen-bond acceptors (Lipinski definition) is 4. The van der Waals surface area contributed by atoms with E-state index in [0.717, 1.165) is 23.3 Å². The Labute approximate surface area is 190 Å². The Hall–Kier alpha value is -3.40. The van der Waals surface area contributed by atoms with Gasteiger partial charge in [-0.1, -0.05) is 57.2 Å². The summed E-state index contributed by atoms with van der Waals surface area (Å²) in [6.07, 6.45) is 0.854. The molecule has 0 amide bonds. The first-order valence-electron chi connectivity index (χ1n) is 10.9. The molecular weight excluding hydrogens is 400 g/mol. The monoisotopic (exact) mass is 430 g/mol. The highest BCUT2D eigenvalue weighted by atomic mass is 16.5. The number of hydrogen-bond donors (Lipinski definition) is 0. The first-order valence-corrected chi connectivity index (χ1v) is 10.9. The second kappa shape index (κ2) is 9.82.